The second kappa shape index (κ2) is 1.99. The van der Waals surface area contributed by atoms with Gasteiger partial charge in [-0.05, 0) is 0 Å². The van der Waals surface area contributed by atoms with Gasteiger partial charge in [0.2, 0.25) is 34.5 Å². The Morgan fingerprint density at radius 2 is 2.36 bits per heavy atom. The molecular weight excluding hydrogens is 212 g/mol. The van der Waals surface area contributed by atoms with E-state index in [9.17, 15) is 4.79 Å². The monoisotopic (exact) mass is 215 g/mol. The van der Waals surface area contributed by atoms with Crippen LogP contribution in [0.1, 0.15) is 0 Å². The van der Waals surface area contributed by atoms with Crippen LogP contribution in [0.15, 0.2) is 22.0 Å². The van der Waals surface area contributed by atoms with Crippen molar-refractivity contribution in [3.05, 3.63) is 11.9 Å². The van der Waals surface area contributed by atoms with Gasteiger partial charge in [0.25, 0.3) is 0 Å². The number of aliphatic imine (C=N–C) groups is 1. The van der Waals surface area contributed by atoms with Crippen molar-refractivity contribution < 1.29 is 8.30 Å². The van der Waals surface area contributed by atoms with Gasteiger partial charge in [0, 0.05) is 0 Å². The minimum absolute atomic E-state index is 0.0822. The molecule has 0 aromatic rings. The van der Waals surface area contributed by atoms with Crippen molar-refractivity contribution in [1.82, 2.24) is 5.43 Å². The molecule has 1 amide bonds. The first-order valence-corrected chi connectivity index (χ1v) is 3.61. The maximum absolute atomic E-state index is 11.1. The lowest BCUT2D eigenvalue weighted by atomic mass is 10.4. The molecule has 6 heteroatoms. The molecule has 2 rings (SSSR count). The van der Waals surface area contributed by atoms with E-state index >= 15 is 0 Å². The first-order valence-electron chi connectivity index (χ1n) is 2.90. The fourth-order valence-corrected chi connectivity index (χ4v) is 1.34. The van der Waals surface area contributed by atoms with Gasteiger partial charge in [0.1, 0.15) is 6.20 Å². The van der Waals surface area contributed by atoms with Gasteiger partial charge in [-0.15, -0.1) is 8.61 Å². The summed E-state index contributed by atoms with van der Waals surface area (Å²) in [5, 5.41) is 3.64. The number of halogens is 1. The average Bonchev–Trinajstić information content (AvgIpc) is 2.31. The summed E-state index contributed by atoms with van der Waals surface area (Å²) in [7, 11) is 0. The van der Waals surface area contributed by atoms with E-state index in [-0.39, 0.29) is 9.42 Å². The Morgan fingerprint density at radius 3 is 3.09 bits per heavy atom. The third-order valence-corrected chi connectivity index (χ3v) is 2.17. The summed E-state index contributed by atoms with van der Waals surface area (Å²) in [5.74, 6) is -0.234. The third kappa shape index (κ3) is 0.831. The minimum Gasteiger partial charge on any atom is -0.261 e. The van der Waals surface area contributed by atoms with E-state index in [1.807, 2.05) is 0 Å². The molecule has 0 spiro atoms. The Hall–Kier alpha value is -1.01. The van der Waals surface area contributed by atoms with Crippen molar-refractivity contribution in [2.45, 2.75) is 0 Å². The Bertz CT molecular complexity index is 308. The SMILES string of the molecule is O=C1NN=C[N+]2(Br)C=NC=C12. The molecule has 2 aliphatic rings. The molecule has 0 aromatic carbocycles. The first-order chi connectivity index (χ1) is 5.22. The largest absolute Gasteiger partial charge is 0.329 e. The molecule has 2 aliphatic heterocycles. The van der Waals surface area contributed by atoms with Gasteiger partial charge < -0.3 is 0 Å². The first kappa shape index (κ1) is 6.68. The Labute approximate surface area is 71.0 Å². The number of fused-ring (bicyclic) bond motifs is 1. The quantitative estimate of drug-likeness (QED) is 0.572. The summed E-state index contributed by atoms with van der Waals surface area (Å²) in [6.45, 7) is 0. The third-order valence-electron chi connectivity index (χ3n) is 1.43. The summed E-state index contributed by atoms with van der Waals surface area (Å²) < 4.78 is 0.0822. The van der Waals surface area contributed by atoms with Crippen LogP contribution in [0.5, 0.6) is 0 Å². The number of quaternary nitrogens is 1. The van der Waals surface area contributed by atoms with Crippen LogP contribution in [-0.2, 0) is 4.79 Å². The molecule has 0 bridgehead atoms. The highest BCUT2D eigenvalue weighted by Crippen LogP contribution is 2.25. The lowest BCUT2D eigenvalue weighted by molar-refractivity contribution is -0.496. The molecule has 1 unspecified atom stereocenters. The molecule has 5 nitrogen and oxygen atoms in total. The van der Waals surface area contributed by atoms with Gasteiger partial charge in [0.15, 0.2) is 0 Å². The number of amides is 1. The molecule has 0 aliphatic carbocycles. The summed E-state index contributed by atoms with van der Waals surface area (Å²) in [6, 6.07) is 0. The summed E-state index contributed by atoms with van der Waals surface area (Å²) >= 11 is 3.27. The molecule has 0 saturated heterocycles. The van der Waals surface area contributed by atoms with Crippen molar-refractivity contribution in [2.24, 2.45) is 10.1 Å². The maximum Gasteiger partial charge on any atom is 0.329 e. The number of carbonyl (C=O) groups is 1. The summed E-state index contributed by atoms with van der Waals surface area (Å²) in [5.41, 5.74) is 2.83. The van der Waals surface area contributed by atoms with Gasteiger partial charge >= 0.3 is 5.91 Å². The number of hydrogen-bond donors (Lipinski definition) is 1. The van der Waals surface area contributed by atoms with Gasteiger partial charge in [-0.2, -0.15) is 0 Å². The van der Waals surface area contributed by atoms with Crippen molar-refractivity contribution in [3.8, 4) is 0 Å². The van der Waals surface area contributed by atoms with E-state index in [4.69, 9.17) is 0 Å². The van der Waals surface area contributed by atoms with E-state index in [1.165, 1.54) is 12.5 Å². The zero-order chi connectivity index (χ0) is 7.90. The van der Waals surface area contributed by atoms with Crippen LogP contribution < -0.4 is 5.43 Å². The normalized spacial score (nSPS) is 33.2. The van der Waals surface area contributed by atoms with Crippen LogP contribution in [0, 0.1) is 0 Å². The second-order valence-electron chi connectivity index (χ2n) is 2.15. The zero-order valence-corrected chi connectivity index (χ0v) is 6.95. The molecule has 2 heterocycles. The molecule has 0 saturated carbocycles. The number of hydrazone groups is 1. The van der Waals surface area contributed by atoms with Crippen LogP contribution in [0.2, 0.25) is 0 Å². The van der Waals surface area contributed by atoms with Crippen molar-refractivity contribution in [3.63, 3.8) is 0 Å². The Kier molecular flexibility index (Phi) is 1.21. The van der Waals surface area contributed by atoms with Crippen LogP contribution in [-0.4, -0.2) is 22.1 Å². The number of rotatable bonds is 0. The van der Waals surface area contributed by atoms with Crippen molar-refractivity contribution >= 4 is 34.7 Å². The summed E-state index contributed by atoms with van der Waals surface area (Å²) in [6.07, 6.45) is 4.59. The number of nitrogens with zero attached hydrogens (tertiary/aromatic N) is 3. The molecular formula is C5H4BrN4O+. The Balaban J connectivity index is 2.52. The van der Waals surface area contributed by atoms with Gasteiger partial charge in [0.05, 0.1) is 0 Å². The van der Waals surface area contributed by atoms with Gasteiger partial charge in [-0.3, -0.25) is 4.79 Å². The van der Waals surface area contributed by atoms with Crippen LogP contribution in [0.4, 0.5) is 0 Å². The highest BCUT2D eigenvalue weighted by Gasteiger charge is 2.40. The average molecular weight is 216 g/mol. The van der Waals surface area contributed by atoms with Crippen LogP contribution >= 0.6 is 16.1 Å². The molecule has 1 atom stereocenters. The molecule has 1 N–H and O–H groups in total. The lowest BCUT2D eigenvalue weighted by Gasteiger charge is -2.19. The van der Waals surface area contributed by atoms with E-state index in [0.717, 1.165) is 0 Å². The Morgan fingerprint density at radius 1 is 1.55 bits per heavy atom. The molecule has 11 heavy (non-hydrogen) atoms. The minimum atomic E-state index is -0.234. The van der Waals surface area contributed by atoms with E-state index in [1.54, 1.807) is 6.34 Å². The van der Waals surface area contributed by atoms with E-state index in [2.05, 4.69) is 31.7 Å². The van der Waals surface area contributed by atoms with Crippen LogP contribution in [0.25, 0.3) is 0 Å². The second-order valence-corrected chi connectivity index (χ2v) is 3.32. The zero-order valence-electron chi connectivity index (χ0n) is 5.36. The van der Waals surface area contributed by atoms with Gasteiger partial charge in [-0.25, -0.2) is 10.4 Å². The van der Waals surface area contributed by atoms with E-state index in [0.29, 0.717) is 5.70 Å². The highest BCUT2D eigenvalue weighted by atomic mass is 79.9. The van der Waals surface area contributed by atoms with E-state index < -0.39 is 0 Å². The number of nitrogens with one attached hydrogen (secondary N) is 1. The molecule has 0 radical (unpaired) electrons. The topological polar surface area (TPSA) is 53.8 Å². The summed E-state index contributed by atoms with van der Waals surface area (Å²) in [4.78, 5) is 14.9. The maximum atomic E-state index is 11.1. The predicted octanol–water partition coefficient (Wildman–Crippen LogP) is 0.0695. The van der Waals surface area contributed by atoms with Gasteiger partial charge in [-0.1, -0.05) is 0 Å². The fraction of sp³-hybridized carbons (Fsp3) is 0. The molecule has 56 valence electrons. The fourth-order valence-electron chi connectivity index (χ4n) is 0.887. The predicted molar refractivity (Wildman–Crippen MR) is 42.4 cm³/mol. The molecule has 0 fully saturated rings. The molecule has 0 aromatic heterocycles. The van der Waals surface area contributed by atoms with Crippen molar-refractivity contribution in [1.29, 1.82) is 0 Å². The van der Waals surface area contributed by atoms with Crippen LogP contribution in [0.3, 0.4) is 0 Å². The number of carbonyl (C=O) groups excluding carboxylic acids is 1. The standard InChI is InChI=1S/C5H3BrN4O/c6-10-2-7-1-4(10)5(11)9-8-3-10/h1-3H/p+1. The van der Waals surface area contributed by atoms with Crippen molar-refractivity contribution in [2.75, 3.05) is 0 Å². The highest BCUT2D eigenvalue weighted by molar-refractivity contribution is 9.05. The lowest BCUT2D eigenvalue weighted by Crippen LogP contribution is -2.43. The smallest absolute Gasteiger partial charge is 0.261 e. The number of hydrogen-bond acceptors (Lipinski definition) is 3.